The van der Waals surface area contributed by atoms with E-state index >= 15 is 0 Å². The molecule has 0 aliphatic heterocycles. The Bertz CT molecular complexity index is 672. The molecule has 2 atom stereocenters. The number of aliphatic hydroxyl groups is 1. The number of carbonyl (C=O) groups is 1. The smallest absolute Gasteiger partial charge is 0.300 e. The van der Waals surface area contributed by atoms with Crippen LogP contribution in [0.15, 0.2) is 48.5 Å². The molecule has 26 heavy (non-hydrogen) atoms. The van der Waals surface area contributed by atoms with Crippen molar-refractivity contribution < 1.29 is 24.5 Å². The van der Waals surface area contributed by atoms with Gasteiger partial charge in [0.2, 0.25) is 0 Å². The highest BCUT2D eigenvalue weighted by Crippen LogP contribution is 2.16. The molecule has 0 aliphatic carbocycles. The van der Waals surface area contributed by atoms with E-state index in [-0.39, 0.29) is 17.6 Å². The first-order valence-electron chi connectivity index (χ1n) is 8.43. The van der Waals surface area contributed by atoms with Crippen LogP contribution in [0.3, 0.4) is 0 Å². The average molecular weight is 363 g/mol. The Kier molecular flexibility index (Phi) is 9.33. The number of phenolic OH excluding ortho intramolecular Hbond substituents is 1. The molecule has 5 nitrogen and oxygen atoms in total. The van der Waals surface area contributed by atoms with E-state index in [1.807, 2.05) is 19.1 Å². The first-order valence-corrected chi connectivity index (χ1v) is 8.43. The number of nitrogens with one attached hydrogen (secondary N) is 1. The third-order valence-electron chi connectivity index (χ3n) is 3.73. The van der Waals surface area contributed by atoms with Gasteiger partial charge in [0.05, 0.1) is 6.10 Å². The lowest BCUT2D eigenvalue weighted by atomic mass is 10.0. The van der Waals surface area contributed by atoms with Crippen molar-refractivity contribution >= 4 is 5.97 Å². The normalized spacial score (nSPS) is 12.6. The Hall–Kier alpha value is -2.44. The minimum absolute atomic E-state index is 0.204. The second kappa shape index (κ2) is 11.2. The molecule has 0 unspecified atom stereocenters. The van der Waals surface area contributed by atoms with E-state index in [9.17, 15) is 14.6 Å². The monoisotopic (exact) mass is 363 g/mol. The lowest BCUT2D eigenvalue weighted by Gasteiger charge is -2.18. The van der Waals surface area contributed by atoms with Gasteiger partial charge >= 0.3 is 0 Å². The molecule has 0 fully saturated rings. The van der Waals surface area contributed by atoms with E-state index in [4.69, 9.17) is 9.90 Å². The third-order valence-corrected chi connectivity index (χ3v) is 3.73. The van der Waals surface area contributed by atoms with Gasteiger partial charge in [0, 0.05) is 25.1 Å². The summed E-state index contributed by atoms with van der Waals surface area (Å²) in [7, 11) is 0. The fourth-order valence-corrected chi connectivity index (χ4v) is 2.32. The number of hydrogen-bond acceptors (Lipinski definition) is 4. The molecule has 2 aromatic rings. The van der Waals surface area contributed by atoms with Crippen molar-refractivity contribution in [3.05, 3.63) is 65.5 Å². The number of phenols is 1. The molecule has 0 aliphatic rings. The van der Waals surface area contributed by atoms with Crippen LogP contribution in [0.4, 0.5) is 4.39 Å². The van der Waals surface area contributed by atoms with Crippen molar-refractivity contribution in [2.24, 2.45) is 0 Å². The van der Waals surface area contributed by atoms with Crippen molar-refractivity contribution in [3.8, 4) is 5.75 Å². The summed E-state index contributed by atoms with van der Waals surface area (Å²) in [6.45, 7) is 3.44. The van der Waals surface area contributed by atoms with Crippen LogP contribution in [-0.4, -0.2) is 33.9 Å². The van der Waals surface area contributed by atoms with Gasteiger partial charge in [-0.25, -0.2) is 4.39 Å². The van der Waals surface area contributed by atoms with Crippen molar-refractivity contribution in [3.63, 3.8) is 0 Å². The van der Waals surface area contributed by atoms with Crippen LogP contribution in [0.1, 0.15) is 37.5 Å². The maximum atomic E-state index is 13.6. The number of benzene rings is 2. The van der Waals surface area contributed by atoms with Crippen LogP contribution in [-0.2, 0) is 11.2 Å². The van der Waals surface area contributed by atoms with Gasteiger partial charge in [0.15, 0.2) is 0 Å². The van der Waals surface area contributed by atoms with Gasteiger partial charge in [-0.15, -0.1) is 0 Å². The molecule has 2 aromatic carbocycles. The van der Waals surface area contributed by atoms with Crippen LogP contribution >= 0.6 is 0 Å². The molecule has 0 bridgehead atoms. The summed E-state index contributed by atoms with van der Waals surface area (Å²) in [5, 5.41) is 29.9. The highest BCUT2D eigenvalue weighted by atomic mass is 19.1. The molecule has 2 rings (SSSR count). The molecule has 0 heterocycles. The quantitative estimate of drug-likeness (QED) is 0.606. The number of rotatable bonds is 7. The SMILES string of the molecule is CC(=O)O.C[C@@H](CCc1ccc(O)cc1)NC[C@H](O)c1ccccc1F. The molecule has 4 N–H and O–H groups in total. The summed E-state index contributed by atoms with van der Waals surface area (Å²) in [5.41, 5.74) is 1.47. The van der Waals surface area contributed by atoms with Gasteiger partial charge in [0.1, 0.15) is 11.6 Å². The summed E-state index contributed by atoms with van der Waals surface area (Å²) in [6, 6.07) is 13.6. The number of aliphatic hydroxyl groups excluding tert-OH is 1. The Morgan fingerprint density at radius 2 is 1.73 bits per heavy atom. The van der Waals surface area contributed by atoms with Crippen LogP contribution in [0.25, 0.3) is 0 Å². The Balaban J connectivity index is 0.000000765. The van der Waals surface area contributed by atoms with Gasteiger partial charge in [-0.1, -0.05) is 30.3 Å². The molecule has 6 heteroatoms. The molecule has 0 radical (unpaired) electrons. The van der Waals surface area contributed by atoms with E-state index in [1.54, 1.807) is 30.3 Å². The summed E-state index contributed by atoms with van der Waals surface area (Å²) in [5.74, 6) is -0.948. The van der Waals surface area contributed by atoms with E-state index in [2.05, 4.69) is 5.32 Å². The lowest BCUT2D eigenvalue weighted by Crippen LogP contribution is -2.31. The number of carboxylic acid groups (broad SMARTS) is 1. The summed E-state index contributed by atoms with van der Waals surface area (Å²) >= 11 is 0. The average Bonchev–Trinajstić information content (AvgIpc) is 2.59. The largest absolute Gasteiger partial charge is 0.508 e. The van der Waals surface area contributed by atoms with Crippen molar-refractivity contribution in [1.29, 1.82) is 0 Å². The number of aliphatic carboxylic acids is 1. The number of halogens is 1. The topological polar surface area (TPSA) is 89.8 Å². The van der Waals surface area contributed by atoms with E-state index in [0.717, 1.165) is 25.3 Å². The minimum atomic E-state index is -0.850. The van der Waals surface area contributed by atoms with Crippen LogP contribution in [0.5, 0.6) is 5.75 Å². The zero-order valence-corrected chi connectivity index (χ0v) is 15.0. The fraction of sp³-hybridized carbons (Fsp3) is 0.350. The number of aromatic hydroxyl groups is 1. The first kappa shape index (κ1) is 21.6. The van der Waals surface area contributed by atoms with Gasteiger partial charge < -0.3 is 20.6 Å². The van der Waals surface area contributed by atoms with Crippen LogP contribution in [0.2, 0.25) is 0 Å². The molecular formula is C20H26FNO4. The summed E-state index contributed by atoms with van der Waals surface area (Å²) in [6.07, 6.45) is 0.927. The van der Waals surface area contributed by atoms with Crippen LogP contribution in [0, 0.1) is 5.82 Å². The first-order chi connectivity index (χ1) is 12.3. The van der Waals surface area contributed by atoms with Crippen molar-refractivity contribution in [1.82, 2.24) is 5.32 Å². The molecule has 0 spiro atoms. The second-order valence-corrected chi connectivity index (χ2v) is 6.07. The number of hydrogen-bond donors (Lipinski definition) is 4. The second-order valence-electron chi connectivity index (χ2n) is 6.07. The molecule has 0 saturated heterocycles. The van der Waals surface area contributed by atoms with E-state index < -0.39 is 12.1 Å². The summed E-state index contributed by atoms with van der Waals surface area (Å²) < 4.78 is 13.6. The van der Waals surface area contributed by atoms with E-state index in [0.29, 0.717) is 12.1 Å². The minimum Gasteiger partial charge on any atom is -0.508 e. The highest BCUT2D eigenvalue weighted by molar-refractivity contribution is 5.62. The lowest BCUT2D eigenvalue weighted by molar-refractivity contribution is -0.134. The maximum Gasteiger partial charge on any atom is 0.300 e. The zero-order valence-electron chi connectivity index (χ0n) is 15.0. The van der Waals surface area contributed by atoms with Gasteiger partial charge in [-0.05, 0) is 43.5 Å². The molecule has 0 saturated carbocycles. The third kappa shape index (κ3) is 8.60. The predicted molar refractivity (Wildman–Crippen MR) is 98.6 cm³/mol. The fourth-order valence-electron chi connectivity index (χ4n) is 2.32. The van der Waals surface area contributed by atoms with Crippen LogP contribution < -0.4 is 5.32 Å². The maximum absolute atomic E-state index is 13.6. The Morgan fingerprint density at radius 3 is 2.31 bits per heavy atom. The van der Waals surface area contributed by atoms with Gasteiger partial charge in [0.25, 0.3) is 5.97 Å². The predicted octanol–water partition coefficient (Wildman–Crippen LogP) is 3.27. The number of carboxylic acids is 1. The molecule has 0 aromatic heterocycles. The van der Waals surface area contributed by atoms with Gasteiger partial charge in [-0.2, -0.15) is 0 Å². The Morgan fingerprint density at radius 1 is 1.15 bits per heavy atom. The molecule has 0 amide bonds. The highest BCUT2D eigenvalue weighted by Gasteiger charge is 2.13. The van der Waals surface area contributed by atoms with Crippen molar-refractivity contribution in [2.75, 3.05) is 6.54 Å². The summed E-state index contributed by atoms with van der Waals surface area (Å²) in [4.78, 5) is 9.00. The zero-order chi connectivity index (χ0) is 19.5. The Labute approximate surface area is 153 Å². The standard InChI is InChI=1S/C18H22FNO2.C2H4O2/c1-13(6-7-14-8-10-15(21)11-9-14)20-12-18(22)16-4-2-3-5-17(16)19;1-2(3)4/h2-5,8-11,13,18,20-22H,6-7,12H2,1H3;1H3,(H,3,4)/t13-,18-;/m0./s1. The molecule has 142 valence electrons. The van der Waals surface area contributed by atoms with E-state index in [1.165, 1.54) is 6.07 Å². The molecular weight excluding hydrogens is 337 g/mol. The van der Waals surface area contributed by atoms with Gasteiger partial charge in [-0.3, -0.25) is 4.79 Å². The number of aryl methyl sites for hydroxylation is 1. The van der Waals surface area contributed by atoms with Crippen molar-refractivity contribution in [2.45, 2.75) is 38.8 Å².